The largest absolute Gasteiger partial charge is 0.255 e. The highest BCUT2D eigenvalue weighted by molar-refractivity contribution is 6.30. The lowest BCUT2D eigenvalue weighted by Gasteiger charge is -2.04. The fourth-order valence-corrected chi connectivity index (χ4v) is 2.82. The van der Waals surface area contributed by atoms with Crippen LogP contribution in [0.2, 0.25) is 5.02 Å². The van der Waals surface area contributed by atoms with Gasteiger partial charge in [0.25, 0.3) is 0 Å². The van der Waals surface area contributed by atoms with Crippen LogP contribution in [0.1, 0.15) is 5.69 Å². The van der Waals surface area contributed by atoms with Gasteiger partial charge < -0.3 is 0 Å². The van der Waals surface area contributed by atoms with E-state index in [1.165, 1.54) is 11.1 Å². The molecule has 0 N–H and O–H groups in total. The fourth-order valence-electron chi connectivity index (χ4n) is 2.69. The molecule has 1 heterocycles. The Balaban J connectivity index is 1.63. The summed E-state index contributed by atoms with van der Waals surface area (Å²) in [5.74, 6) is 0. The van der Waals surface area contributed by atoms with Crippen LogP contribution in [-0.4, -0.2) is 11.2 Å². The SMILES string of the molecule is Clc1ccc(N=Cc2ccc3cc(-c4ccccc4)ccc3n2)cc1. The number of aliphatic imine (C=N–C) groups is 1. The summed E-state index contributed by atoms with van der Waals surface area (Å²) < 4.78 is 0. The van der Waals surface area contributed by atoms with E-state index in [4.69, 9.17) is 11.6 Å². The van der Waals surface area contributed by atoms with Gasteiger partial charge in [0.15, 0.2) is 0 Å². The van der Waals surface area contributed by atoms with Crippen LogP contribution < -0.4 is 0 Å². The van der Waals surface area contributed by atoms with E-state index in [9.17, 15) is 0 Å². The zero-order valence-electron chi connectivity index (χ0n) is 13.4. The molecule has 0 fully saturated rings. The Bertz CT molecular complexity index is 1040. The average molecular weight is 343 g/mol. The number of fused-ring (bicyclic) bond motifs is 1. The van der Waals surface area contributed by atoms with Crippen molar-refractivity contribution < 1.29 is 0 Å². The summed E-state index contributed by atoms with van der Waals surface area (Å²) in [4.78, 5) is 9.11. The van der Waals surface area contributed by atoms with Crippen LogP contribution in [0.5, 0.6) is 0 Å². The van der Waals surface area contributed by atoms with Crippen LogP contribution in [0.4, 0.5) is 5.69 Å². The molecule has 0 bridgehead atoms. The van der Waals surface area contributed by atoms with Crippen LogP contribution in [-0.2, 0) is 0 Å². The molecule has 0 aliphatic carbocycles. The Morgan fingerprint density at radius 1 is 0.760 bits per heavy atom. The summed E-state index contributed by atoms with van der Waals surface area (Å²) in [7, 11) is 0. The molecule has 4 rings (SSSR count). The van der Waals surface area contributed by atoms with E-state index in [0.717, 1.165) is 22.3 Å². The Morgan fingerprint density at radius 2 is 1.56 bits per heavy atom. The second kappa shape index (κ2) is 6.88. The molecule has 0 atom stereocenters. The maximum absolute atomic E-state index is 5.89. The molecule has 2 nitrogen and oxygen atoms in total. The molecule has 3 heteroatoms. The average Bonchev–Trinajstić information content (AvgIpc) is 2.68. The Kier molecular flexibility index (Phi) is 4.28. The van der Waals surface area contributed by atoms with Crippen LogP contribution in [0.15, 0.2) is 89.9 Å². The van der Waals surface area contributed by atoms with Crippen molar-refractivity contribution >= 4 is 34.4 Å². The van der Waals surface area contributed by atoms with Crippen molar-refractivity contribution in [3.05, 3.63) is 95.6 Å². The van der Waals surface area contributed by atoms with Crippen molar-refractivity contribution in [2.45, 2.75) is 0 Å². The van der Waals surface area contributed by atoms with Gasteiger partial charge >= 0.3 is 0 Å². The van der Waals surface area contributed by atoms with Crippen LogP contribution in [0.25, 0.3) is 22.0 Å². The number of aromatic nitrogens is 1. The normalized spacial score (nSPS) is 11.2. The lowest BCUT2D eigenvalue weighted by molar-refractivity contribution is 1.37. The van der Waals surface area contributed by atoms with Crippen molar-refractivity contribution in [3.63, 3.8) is 0 Å². The van der Waals surface area contributed by atoms with E-state index in [1.54, 1.807) is 6.21 Å². The zero-order valence-corrected chi connectivity index (χ0v) is 14.2. The minimum absolute atomic E-state index is 0.706. The molecule has 3 aromatic carbocycles. The summed E-state index contributed by atoms with van der Waals surface area (Å²) in [5, 5.41) is 1.82. The first kappa shape index (κ1) is 15.6. The van der Waals surface area contributed by atoms with Crippen molar-refractivity contribution in [1.29, 1.82) is 0 Å². The molecule has 0 saturated heterocycles. The number of benzene rings is 3. The molecule has 0 spiro atoms. The first-order valence-electron chi connectivity index (χ1n) is 8.04. The van der Waals surface area contributed by atoms with Gasteiger partial charge in [0.2, 0.25) is 0 Å². The highest BCUT2D eigenvalue weighted by atomic mass is 35.5. The van der Waals surface area contributed by atoms with E-state index >= 15 is 0 Å². The molecule has 4 aromatic rings. The highest BCUT2D eigenvalue weighted by Gasteiger charge is 2.01. The lowest BCUT2D eigenvalue weighted by atomic mass is 10.0. The maximum atomic E-state index is 5.89. The van der Waals surface area contributed by atoms with Crippen LogP contribution in [0, 0.1) is 0 Å². The monoisotopic (exact) mass is 342 g/mol. The summed E-state index contributed by atoms with van der Waals surface area (Å²) in [6.45, 7) is 0. The summed E-state index contributed by atoms with van der Waals surface area (Å²) in [6, 6.07) is 28.1. The van der Waals surface area contributed by atoms with Crippen LogP contribution >= 0.6 is 11.6 Å². The van der Waals surface area contributed by atoms with E-state index < -0.39 is 0 Å². The van der Waals surface area contributed by atoms with Gasteiger partial charge in [-0.25, -0.2) is 4.98 Å². The van der Waals surface area contributed by atoms with Crippen LogP contribution in [0.3, 0.4) is 0 Å². The van der Waals surface area contributed by atoms with E-state index in [1.807, 2.05) is 48.5 Å². The van der Waals surface area contributed by atoms with Gasteiger partial charge in [-0.1, -0.05) is 54.1 Å². The predicted octanol–water partition coefficient (Wildman–Crippen LogP) is 6.31. The topological polar surface area (TPSA) is 25.2 Å². The van der Waals surface area contributed by atoms with Gasteiger partial charge in [-0.05, 0) is 53.6 Å². The third kappa shape index (κ3) is 3.59. The third-order valence-electron chi connectivity index (χ3n) is 3.99. The fraction of sp³-hybridized carbons (Fsp3) is 0. The molecule has 1 aromatic heterocycles. The first-order valence-corrected chi connectivity index (χ1v) is 8.42. The molecule has 0 unspecified atom stereocenters. The zero-order chi connectivity index (χ0) is 17.1. The molecule has 0 aliphatic rings. The Hall–Kier alpha value is -2.97. The summed E-state index contributed by atoms with van der Waals surface area (Å²) in [5.41, 5.74) is 5.04. The smallest absolute Gasteiger partial charge is 0.0820 e. The van der Waals surface area contributed by atoms with E-state index in [2.05, 4.69) is 46.4 Å². The summed E-state index contributed by atoms with van der Waals surface area (Å²) in [6.07, 6.45) is 1.77. The summed E-state index contributed by atoms with van der Waals surface area (Å²) >= 11 is 5.89. The minimum Gasteiger partial charge on any atom is -0.255 e. The lowest BCUT2D eigenvalue weighted by Crippen LogP contribution is -1.89. The predicted molar refractivity (Wildman–Crippen MR) is 106 cm³/mol. The number of hydrogen-bond acceptors (Lipinski definition) is 2. The van der Waals surface area contributed by atoms with Gasteiger partial charge in [0.05, 0.1) is 23.1 Å². The number of hydrogen-bond donors (Lipinski definition) is 0. The van der Waals surface area contributed by atoms with Crippen molar-refractivity contribution in [3.8, 4) is 11.1 Å². The number of rotatable bonds is 3. The Labute approximate surface area is 151 Å². The number of halogens is 1. The highest BCUT2D eigenvalue weighted by Crippen LogP contribution is 2.23. The second-order valence-corrected chi connectivity index (χ2v) is 6.18. The van der Waals surface area contributed by atoms with Gasteiger partial charge in [-0.2, -0.15) is 0 Å². The Morgan fingerprint density at radius 3 is 2.36 bits per heavy atom. The van der Waals surface area contributed by atoms with E-state index in [0.29, 0.717) is 5.02 Å². The maximum Gasteiger partial charge on any atom is 0.0820 e. The molecule has 25 heavy (non-hydrogen) atoms. The van der Waals surface area contributed by atoms with Gasteiger partial charge in [0.1, 0.15) is 0 Å². The number of pyridine rings is 1. The first-order chi connectivity index (χ1) is 12.3. The molecule has 0 amide bonds. The van der Waals surface area contributed by atoms with Gasteiger partial charge in [-0.3, -0.25) is 4.99 Å². The molecule has 120 valence electrons. The second-order valence-electron chi connectivity index (χ2n) is 5.74. The minimum atomic E-state index is 0.706. The van der Waals surface area contributed by atoms with Crippen molar-refractivity contribution in [2.75, 3.05) is 0 Å². The van der Waals surface area contributed by atoms with Gasteiger partial charge in [-0.15, -0.1) is 0 Å². The number of nitrogens with zero attached hydrogens (tertiary/aromatic N) is 2. The molecular weight excluding hydrogens is 328 g/mol. The molecule has 0 aliphatic heterocycles. The molecular formula is C22H15ClN2. The molecule has 0 radical (unpaired) electrons. The van der Waals surface area contributed by atoms with Gasteiger partial charge in [0, 0.05) is 10.4 Å². The standard InChI is InChI=1S/C22H15ClN2/c23-19-8-11-20(12-9-19)24-15-21-10-6-18-14-17(7-13-22(18)25-21)16-4-2-1-3-5-16/h1-15H. The third-order valence-corrected chi connectivity index (χ3v) is 4.24. The van der Waals surface area contributed by atoms with Crippen molar-refractivity contribution in [2.24, 2.45) is 4.99 Å². The van der Waals surface area contributed by atoms with Crippen molar-refractivity contribution in [1.82, 2.24) is 4.98 Å². The molecule has 0 saturated carbocycles. The van der Waals surface area contributed by atoms with E-state index in [-0.39, 0.29) is 0 Å². The quantitative estimate of drug-likeness (QED) is 0.401.